The van der Waals surface area contributed by atoms with E-state index < -0.39 is 0 Å². The zero-order valence-electron chi connectivity index (χ0n) is 14.6. The average molecular weight is 304 g/mol. The van der Waals surface area contributed by atoms with Crippen molar-refractivity contribution < 1.29 is 0 Å². The monoisotopic (exact) mass is 304 g/mol. The summed E-state index contributed by atoms with van der Waals surface area (Å²) in [6.45, 7) is 4.50. The van der Waals surface area contributed by atoms with Gasteiger partial charge in [-0.1, -0.05) is 62.5 Å². The van der Waals surface area contributed by atoms with Crippen LogP contribution in [-0.2, 0) is 6.42 Å². The summed E-state index contributed by atoms with van der Waals surface area (Å²) in [6.07, 6.45) is 12.7. The van der Waals surface area contributed by atoms with Gasteiger partial charge in [-0.3, -0.25) is 0 Å². The molecule has 0 spiro atoms. The van der Waals surface area contributed by atoms with Crippen molar-refractivity contribution in [3.63, 3.8) is 0 Å². The summed E-state index contributed by atoms with van der Waals surface area (Å²) in [5.74, 6) is 14.3. The van der Waals surface area contributed by atoms with Crippen LogP contribution in [0.4, 0.5) is 0 Å². The second kappa shape index (κ2) is 9.97. The first-order chi connectivity index (χ1) is 11.3. The number of aryl methyl sites for hydroxylation is 1. The normalized spacial score (nSPS) is 20.4. The smallest absolute Gasteiger partial charge is 0.0249 e. The van der Waals surface area contributed by atoms with Crippen molar-refractivity contribution in [2.45, 2.75) is 58.8 Å². The molecule has 1 fully saturated rings. The van der Waals surface area contributed by atoms with Crippen LogP contribution in [0.5, 0.6) is 0 Å². The van der Waals surface area contributed by atoms with Crippen LogP contribution in [-0.4, -0.2) is 0 Å². The molecule has 120 valence electrons. The SMILES string of the molecule is CCCc1ccc(C#CC=CC#CC2CCC(CC)CC2)cc1. The van der Waals surface area contributed by atoms with Gasteiger partial charge in [-0.25, -0.2) is 0 Å². The summed E-state index contributed by atoms with van der Waals surface area (Å²) in [6, 6.07) is 8.54. The highest BCUT2D eigenvalue weighted by molar-refractivity contribution is 5.39. The highest BCUT2D eigenvalue weighted by Gasteiger charge is 2.17. The minimum Gasteiger partial charge on any atom is -0.0951 e. The molecule has 0 heterocycles. The fourth-order valence-electron chi connectivity index (χ4n) is 3.13. The van der Waals surface area contributed by atoms with E-state index in [1.807, 2.05) is 12.2 Å². The number of allylic oxidation sites excluding steroid dienone is 2. The lowest BCUT2D eigenvalue weighted by molar-refractivity contribution is 0.309. The molecule has 1 saturated carbocycles. The molecule has 0 radical (unpaired) electrons. The van der Waals surface area contributed by atoms with Crippen LogP contribution in [0, 0.1) is 35.5 Å². The average Bonchev–Trinajstić information content (AvgIpc) is 2.60. The van der Waals surface area contributed by atoms with Crippen LogP contribution in [0.25, 0.3) is 0 Å². The first-order valence-electron chi connectivity index (χ1n) is 9.08. The van der Waals surface area contributed by atoms with Crippen molar-refractivity contribution in [2.75, 3.05) is 0 Å². The van der Waals surface area contributed by atoms with E-state index in [1.165, 1.54) is 44.1 Å². The molecule has 23 heavy (non-hydrogen) atoms. The Morgan fingerprint density at radius 2 is 1.65 bits per heavy atom. The zero-order valence-corrected chi connectivity index (χ0v) is 14.6. The van der Waals surface area contributed by atoms with Gasteiger partial charge in [0, 0.05) is 11.5 Å². The molecule has 1 aromatic rings. The van der Waals surface area contributed by atoms with Gasteiger partial charge in [0.05, 0.1) is 0 Å². The number of hydrogen-bond donors (Lipinski definition) is 0. The van der Waals surface area contributed by atoms with Gasteiger partial charge >= 0.3 is 0 Å². The summed E-state index contributed by atoms with van der Waals surface area (Å²) >= 11 is 0. The first kappa shape index (κ1) is 17.4. The van der Waals surface area contributed by atoms with Crippen molar-refractivity contribution in [2.24, 2.45) is 11.8 Å². The fraction of sp³-hybridized carbons (Fsp3) is 0.478. The third kappa shape index (κ3) is 6.38. The molecule has 0 N–H and O–H groups in total. The summed E-state index contributed by atoms with van der Waals surface area (Å²) in [4.78, 5) is 0. The van der Waals surface area contributed by atoms with E-state index in [1.54, 1.807) is 0 Å². The lowest BCUT2D eigenvalue weighted by atomic mass is 9.81. The van der Waals surface area contributed by atoms with Crippen molar-refractivity contribution in [1.82, 2.24) is 0 Å². The second-order valence-electron chi connectivity index (χ2n) is 6.46. The molecule has 1 aliphatic carbocycles. The highest BCUT2D eigenvalue weighted by atomic mass is 14.2. The quantitative estimate of drug-likeness (QED) is 0.622. The standard InChI is InChI=1S/C23H28/c1-3-9-21-16-18-23(19-17-21)11-8-6-5-7-10-22-14-12-20(4-2)13-15-22/h5-6,16-20,22H,3-4,9,12-15H2,1-2H3. The maximum atomic E-state index is 3.38. The maximum Gasteiger partial charge on any atom is 0.0249 e. The van der Waals surface area contributed by atoms with E-state index in [2.05, 4.69) is 61.8 Å². The molecular formula is C23H28. The molecule has 0 aliphatic heterocycles. The van der Waals surface area contributed by atoms with Crippen LogP contribution in [0.3, 0.4) is 0 Å². The minimum absolute atomic E-state index is 0.599. The molecule has 0 amide bonds. The highest BCUT2D eigenvalue weighted by Crippen LogP contribution is 2.29. The van der Waals surface area contributed by atoms with E-state index in [4.69, 9.17) is 0 Å². The Morgan fingerprint density at radius 1 is 0.957 bits per heavy atom. The largest absolute Gasteiger partial charge is 0.0951 e. The van der Waals surface area contributed by atoms with E-state index in [9.17, 15) is 0 Å². The Kier molecular flexibility index (Phi) is 7.56. The molecule has 1 aliphatic rings. The molecule has 0 heteroatoms. The number of rotatable bonds is 3. The predicted molar refractivity (Wildman–Crippen MR) is 100.0 cm³/mol. The molecule has 0 aromatic heterocycles. The van der Waals surface area contributed by atoms with Crippen LogP contribution in [0.15, 0.2) is 36.4 Å². The molecule has 0 atom stereocenters. The Bertz CT molecular complexity index is 602. The van der Waals surface area contributed by atoms with Gasteiger partial charge in [-0.05, 0) is 67.9 Å². The van der Waals surface area contributed by atoms with Gasteiger partial charge in [-0.2, -0.15) is 0 Å². The van der Waals surface area contributed by atoms with Crippen molar-refractivity contribution in [1.29, 1.82) is 0 Å². The topological polar surface area (TPSA) is 0 Å². The van der Waals surface area contributed by atoms with Crippen LogP contribution < -0.4 is 0 Å². The Balaban J connectivity index is 1.78. The zero-order chi connectivity index (χ0) is 16.3. The Hall–Kier alpha value is -1.92. The van der Waals surface area contributed by atoms with E-state index in [0.717, 1.165) is 17.9 Å². The summed E-state index contributed by atoms with van der Waals surface area (Å²) < 4.78 is 0. The first-order valence-corrected chi connectivity index (χ1v) is 9.08. The molecule has 1 aromatic carbocycles. The van der Waals surface area contributed by atoms with E-state index in [0.29, 0.717) is 5.92 Å². The van der Waals surface area contributed by atoms with Crippen LogP contribution in [0.2, 0.25) is 0 Å². The summed E-state index contributed by atoms with van der Waals surface area (Å²) in [5, 5.41) is 0. The van der Waals surface area contributed by atoms with Crippen molar-refractivity contribution in [3.05, 3.63) is 47.5 Å². The van der Waals surface area contributed by atoms with E-state index >= 15 is 0 Å². The van der Waals surface area contributed by atoms with Crippen LogP contribution in [0.1, 0.15) is 63.5 Å². The number of hydrogen-bond acceptors (Lipinski definition) is 0. The van der Waals surface area contributed by atoms with Crippen molar-refractivity contribution in [3.8, 4) is 23.7 Å². The van der Waals surface area contributed by atoms with Gasteiger partial charge in [0.25, 0.3) is 0 Å². The van der Waals surface area contributed by atoms with Gasteiger partial charge in [-0.15, -0.1) is 0 Å². The molecular weight excluding hydrogens is 276 g/mol. The van der Waals surface area contributed by atoms with Gasteiger partial charge in [0.1, 0.15) is 0 Å². The maximum absolute atomic E-state index is 3.38. The summed E-state index contributed by atoms with van der Waals surface area (Å²) in [7, 11) is 0. The molecule has 0 nitrogen and oxygen atoms in total. The molecule has 2 rings (SSSR count). The lowest BCUT2D eigenvalue weighted by Crippen LogP contribution is -2.12. The van der Waals surface area contributed by atoms with Crippen LogP contribution >= 0.6 is 0 Å². The number of benzene rings is 1. The molecule has 0 saturated heterocycles. The third-order valence-corrected chi connectivity index (χ3v) is 4.67. The molecule has 0 bridgehead atoms. The molecule has 0 unspecified atom stereocenters. The van der Waals surface area contributed by atoms with Gasteiger partial charge in [0.2, 0.25) is 0 Å². The third-order valence-electron chi connectivity index (χ3n) is 4.67. The van der Waals surface area contributed by atoms with Gasteiger partial charge in [0.15, 0.2) is 0 Å². The minimum atomic E-state index is 0.599. The summed E-state index contributed by atoms with van der Waals surface area (Å²) in [5.41, 5.74) is 2.46. The Labute approximate surface area is 142 Å². The van der Waals surface area contributed by atoms with E-state index in [-0.39, 0.29) is 0 Å². The fourth-order valence-corrected chi connectivity index (χ4v) is 3.13. The Morgan fingerprint density at radius 3 is 2.30 bits per heavy atom. The lowest BCUT2D eigenvalue weighted by Gasteiger charge is -2.24. The second-order valence-corrected chi connectivity index (χ2v) is 6.46. The van der Waals surface area contributed by atoms with Crippen molar-refractivity contribution >= 4 is 0 Å². The van der Waals surface area contributed by atoms with Gasteiger partial charge < -0.3 is 0 Å². The predicted octanol–water partition coefficient (Wildman–Crippen LogP) is 5.77.